The van der Waals surface area contributed by atoms with Crippen molar-refractivity contribution in [3.05, 3.63) is 24.8 Å². The van der Waals surface area contributed by atoms with Gasteiger partial charge in [0.1, 0.15) is 6.10 Å². The molecular formula is C15H22O3. The van der Waals surface area contributed by atoms with E-state index in [9.17, 15) is 9.90 Å². The SMILES string of the molecule is C=C[C@]1(C)C[C@H](O)[C@@H]2[C@H](OC(=O)[C@H]2C)[C@H]1C(=C)C. The molecule has 3 nitrogen and oxygen atoms in total. The molecule has 1 saturated carbocycles. The molecule has 0 bridgehead atoms. The van der Waals surface area contributed by atoms with Gasteiger partial charge < -0.3 is 9.84 Å². The molecule has 6 atom stereocenters. The molecule has 1 aliphatic heterocycles. The third-order valence-corrected chi connectivity index (χ3v) is 4.71. The Labute approximate surface area is 109 Å². The first kappa shape index (κ1) is 13.3. The highest BCUT2D eigenvalue weighted by molar-refractivity contribution is 5.75. The number of hydrogen-bond acceptors (Lipinski definition) is 3. The van der Waals surface area contributed by atoms with Crippen LogP contribution >= 0.6 is 0 Å². The fourth-order valence-electron chi connectivity index (χ4n) is 3.75. The first-order chi connectivity index (χ1) is 8.31. The number of ether oxygens (including phenoxy) is 1. The highest BCUT2D eigenvalue weighted by Gasteiger charge is 2.57. The normalized spacial score (nSPS) is 47.3. The predicted molar refractivity (Wildman–Crippen MR) is 69.8 cm³/mol. The third kappa shape index (κ3) is 1.72. The van der Waals surface area contributed by atoms with Crippen molar-refractivity contribution in [1.82, 2.24) is 0 Å². The van der Waals surface area contributed by atoms with Crippen molar-refractivity contribution >= 4 is 5.97 Å². The fraction of sp³-hybridized carbons (Fsp3) is 0.667. The summed E-state index contributed by atoms with van der Waals surface area (Å²) in [6, 6.07) is 0. The Balaban J connectivity index is 2.44. The summed E-state index contributed by atoms with van der Waals surface area (Å²) in [6.45, 7) is 13.8. The largest absolute Gasteiger partial charge is 0.461 e. The number of carbonyl (C=O) groups excluding carboxylic acids is 1. The lowest BCUT2D eigenvalue weighted by Crippen LogP contribution is -2.50. The van der Waals surface area contributed by atoms with Crippen molar-refractivity contribution in [2.45, 2.75) is 39.4 Å². The van der Waals surface area contributed by atoms with Crippen molar-refractivity contribution in [1.29, 1.82) is 0 Å². The Hall–Kier alpha value is -1.09. The van der Waals surface area contributed by atoms with Gasteiger partial charge in [0.15, 0.2) is 0 Å². The molecule has 18 heavy (non-hydrogen) atoms. The molecule has 0 unspecified atom stereocenters. The Bertz CT molecular complexity index is 401. The summed E-state index contributed by atoms with van der Waals surface area (Å²) in [6.07, 6.45) is 1.69. The van der Waals surface area contributed by atoms with E-state index in [1.165, 1.54) is 0 Å². The van der Waals surface area contributed by atoms with Crippen LogP contribution < -0.4 is 0 Å². The molecule has 1 aliphatic carbocycles. The Kier molecular flexibility index (Phi) is 3.14. The third-order valence-electron chi connectivity index (χ3n) is 4.71. The van der Waals surface area contributed by atoms with E-state index >= 15 is 0 Å². The van der Waals surface area contributed by atoms with Crippen molar-refractivity contribution in [3.63, 3.8) is 0 Å². The molecular weight excluding hydrogens is 228 g/mol. The van der Waals surface area contributed by atoms with Crippen LogP contribution in [0.3, 0.4) is 0 Å². The van der Waals surface area contributed by atoms with E-state index in [1.54, 1.807) is 0 Å². The lowest BCUT2D eigenvalue weighted by atomic mass is 9.58. The second-order valence-corrected chi connectivity index (χ2v) is 6.07. The van der Waals surface area contributed by atoms with Crippen LogP contribution in [0.4, 0.5) is 0 Å². The molecule has 2 fully saturated rings. The molecule has 0 aromatic heterocycles. The van der Waals surface area contributed by atoms with Crippen LogP contribution in [0.25, 0.3) is 0 Å². The Morgan fingerprint density at radius 3 is 2.72 bits per heavy atom. The number of hydrogen-bond donors (Lipinski definition) is 1. The smallest absolute Gasteiger partial charge is 0.309 e. The lowest BCUT2D eigenvalue weighted by Gasteiger charge is -2.47. The molecule has 0 radical (unpaired) electrons. The predicted octanol–water partition coefficient (Wildman–Crippen LogP) is 2.31. The van der Waals surface area contributed by atoms with Crippen LogP contribution in [0.1, 0.15) is 27.2 Å². The number of esters is 1. The number of allylic oxidation sites excluding steroid dienone is 1. The fourth-order valence-corrected chi connectivity index (χ4v) is 3.75. The molecule has 0 amide bonds. The number of aliphatic hydroxyl groups excluding tert-OH is 1. The molecule has 2 aliphatic rings. The van der Waals surface area contributed by atoms with Crippen LogP contribution in [0, 0.1) is 23.2 Å². The molecule has 1 N–H and O–H groups in total. The highest BCUT2D eigenvalue weighted by atomic mass is 16.6. The molecule has 0 spiro atoms. The molecule has 2 rings (SSSR count). The van der Waals surface area contributed by atoms with Crippen molar-refractivity contribution in [3.8, 4) is 0 Å². The zero-order chi connectivity index (χ0) is 13.7. The van der Waals surface area contributed by atoms with Gasteiger partial charge in [-0.25, -0.2) is 0 Å². The molecule has 0 aromatic carbocycles. The summed E-state index contributed by atoms with van der Waals surface area (Å²) in [4.78, 5) is 11.8. The van der Waals surface area contributed by atoms with E-state index in [0.29, 0.717) is 6.42 Å². The lowest BCUT2D eigenvalue weighted by molar-refractivity contribution is -0.147. The molecule has 0 aromatic rings. The van der Waals surface area contributed by atoms with Gasteiger partial charge in [0, 0.05) is 11.8 Å². The van der Waals surface area contributed by atoms with Crippen molar-refractivity contribution in [2.75, 3.05) is 0 Å². The van der Waals surface area contributed by atoms with Gasteiger partial charge >= 0.3 is 5.97 Å². The minimum Gasteiger partial charge on any atom is -0.461 e. The molecule has 100 valence electrons. The summed E-state index contributed by atoms with van der Waals surface area (Å²) in [7, 11) is 0. The second kappa shape index (κ2) is 4.23. The Morgan fingerprint density at radius 1 is 1.61 bits per heavy atom. The number of fused-ring (bicyclic) bond motifs is 1. The average molecular weight is 250 g/mol. The van der Waals surface area contributed by atoms with Gasteiger partial charge in [0.05, 0.1) is 12.0 Å². The topological polar surface area (TPSA) is 46.5 Å². The maximum Gasteiger partial charge on any atom is 0.309 e. The monoisotopic (exact) mass is 250 g/mol. The van der Waals surface area contributed by atoms with Crippen LogP contribution in [0.2, 0.25) is 0 Å². The minimum absolute atomic E-state index is 0.0392. The standard InChI is InChI=1S/C15H22O3/c1-6-15(5)7-10(16)11-9(4)14(17)18-13(11)12(15)8(2)3/h6,9-13,16H,1-2,7H2,3-5H3/t9-,10-,11+,12+,13-,15+/m0/s1. The number of rotatable bonds is 2. The summed E-state index contributed by atoms with van der Waals surface area (Å²) in [5, 5.41) is 10.3. The van der Waals surface area contributed by atoms with Crippen LogP contribution in [-0.4, -0.2) is 23.3 Å². The van der Waals surface area contributed by atoms with Crippen molar-refractivity contribution < 1.29 is 14.6 Å². The number of carbonyl (C=O) groups is 1. The van der Waals surface area contributed by atoms with Crippen LogP contribution in [-0.2, 0) is 9.53 Å². The van der Waals surface area contributed by atoms with E-state index < -0.39 is 6.10 Å². The van der Waals surface area contributed by atoms with E-state index in [4.69, 9.17) is 4.74 Å². The van der Waals surface area contributed by atoms with Gasteiger partial charge in [-0.3, -0.25) is 4.79 Å². The van der Waals surface area contributed by atoms with E-state index in [2.05, 4.69) is 20.1 Å². The summed E-state index contributed by atoms with van der Waals surface area (Å²) < 4.78 is 5.51. The van der Waals surface area contributed by atoms with Gasteiger partial charge in [0.25, 0.3) is 0 Å². The summed E-state index contributed by atoms with van der Waals surface area (Å²) in [5.74, 6) is -0.519. The minimum atomic E-state index is -0.518. The maximum atomic E-state index is 11.8. The zero-order valence-electron chi connectivity index (χ0n) is 11.3. The van der Waals surface area contributed by atoms with Gasteiger partial charge in [-0.15, -0.1) is 6.58 Å². The second-order valence-electron chi connectivity index (χ2n) is 6.07. The highest BCUT2D eigenvalue weighted by Crippen LogP contribution is 2.52. The zero-order valence-corrected chi connectivity index (χ0v) is 11.3. The Morgan fingerprint density at radius 2 is 2.22 bits per heavy atom. The van der Waals surface area contributed by atoms with Gasteiger partial charge in [-0.05, 0) is 18.8 Å². The van der Waals surface area contributed by atoms with E-state index in [1.807, 2.05) is 19.9 Å². The van der Waals surface area contributed by atoms with Gasteiger partial charge in [-0.1, -0.05) is 32.1 Å². The average Bonchev–Trinajstić information content (AvgIpc) is 2.54. The summed E-state index contributed by atoms with van der Waals surface area (Å²) in [5.41, 5.74) is 0.720. The van der Waals surface area contributed by atoms with Crippen LogP contribution in [0.5, 0.6) is 0 Å². The maximum absolute atomic E-state index is 11.8. The molecule has 1 heterocycles. The first-order valence-electron chi connectivity index (χ1n) is 6.49. The van der Waals surface area contributed by atoms with Gasteiger partial charge in [-0.2, -0.15) is 0 Å². The first-order valence-corrected chi connectivity index (χ1v) is 6.49. The van der Waals surface area contributed by atoms with Crippen LogP contribution in [0.15, 0.2) is 24.8 Å². The molecule has 3 heteroatoms. The van der Waals surface area contributed by atoms with E-state index in [0.717, 1.165) is 5.57 Å². The summed E-state index contributed by atoms with van der Waals surface area (Å²) >= 11 is 0. The molecule has 1 saturated heterocycles. The quantitative estimate of drug-likeness (QED) is 0.604. The van der Waals surface area contributed by atoms with Gasteiger partial charge in [0.2, 0.25) is 0 Å². The van der Waals surface area contributed by atoms with E-state index in [-0.39, 0.29) is 35.2 Å². The van der Waals surface area contributed by atoms with Crippen molar-refractivity contribution in [2.24, 2.45) is 23.2 Å². The number of aliphatic hydroxyl groups is 1.